The quantitative estimate of drug-likeness (QED) is 0.681. The largest absolute Gasteiger partial charge is 0.495 e. The van der Waals surface area contributed by atoms with Crippen molar-refractivity contribution in [3.8, 4) is 11.5 Å². The number of rotatable bonds is 4. The maximum Gasteiger partial charge on any atom is 0.145 e. The van der Waals surface area contributed by atoms with Crippen molar-refractivity contribution in [1.82, 2.24) is 0 Å². The van der Waals surface area contributed by atoms with Crippen molar-refractivity contribution in [2.75, 3.05) is 14.2 Å². The minimum absolute atomic E-state index is 0.297. The molecule has 0 bridgehead atoms. The van der Waals surface area contributed by atoms with E-state index >= 15 is 0 Å². The van der Waals surface area contributed by atoms with Gasteiger partial charge < -0.3 is 9.47 Å². The van der Waals surface area contributed by atoms with Crippen molar-refractivity contribution in [3.05, 3.63) is 22.7 Å². The summed E-state index contributed by atoms with van der Waals surface area (Å²) in [6.07, 6.45) is 6.53. The molecule has 1 aliphatic rings. The Balaban J connectivity index is 2.30. The highest BCUT2D eigenvalue weighted by atomic mass is 79.9. The summed E-state index contributed by atoms with van der Waals surface area (Å²) in [6, 6.07) is 3.97. The molecule has 1 saturated carbocycles. The summed E-state index contributed by atoms with van der Waals surface area (Å²) in [5.41, 5.74) is 1.13. The van der Waals surface area contributed by atoms with Gasteiger partial charge in [-0.05, 0) is 24.8 Å². The van der Waals surface area contributed by atoms with Crippen LogP contribution in [0.2, 0.25) is 5.02 Å². The standard InChI is InChI=1S/C15H20BrClO2/c1-18-12-9-8-11(15(19-2)14(12)17)13(16)10-6-4-3-5-7-10/h8-10,13H,3-7H2,1-2H3. The normalized spacial score (nSPS) is 18.1. The van der Waals surface area contributed by atoms with Gasteiger partial charge in [-0.3, -0.25) is 0 Å². The highest BCUT2D eigenvalue weighted by Gasteiger charge is 2.27. The first-order valence-corrected chi connectivity index (χ1v) is 8.02. The fourth-order valence-corrected chi connectivity index (χ4v) is 4.03. The van der Waals surface area contributed by atoms with Crippen molar-refractivity contribution in [2.45, 2.75) is 36.9 Å². The molecule has 1 aromatic carbocycles. The molecule has 2 nitrogen and oxygen atoms in total. The van der Waals surface area contributed by atoms with Crippen LogP contribution in [-0.4, -0.2) is 14.2 Å². The lowest BCUT2D eigenvalue weighted by atomic mass is 9.84. The second kappa shape index (κ2) is 6.85. The maximum absolute atomic E-state index is 6.33. The fourth-order valence-electron chi connectivity index (χ4n) is 2.82. The average molecular weight is 348 g/mol. The maximum atomic E-state index is 6.33. The third-order valence-electron chi connectivity index (χ3n) is 3.88. The first-order valence-electron chi connectivity index (χ1n) is 6.73. The lowest BCUT2D eigenvalue weighted by Crippen LogP contribution is -2.13. The van der Waals surface area contributed by atoms with Gasteiger partial charge >= 0.3 is 0 Å². The number of benzene rings is 1. The van der Waals surface area contributed by atoms with Gasteiger partial charge in [-0.15, -0.1) is 0 Å². The summed E-state index contributed by atoms with van der Waals surface area (Å²) in [5.74, 6) is 2.05. The molecule has 1 fully saturated rings. The molecule has 106 valence electrons. The summed E-state index contributed by atoms with van der Waals surface area (Å²) >= 11 is 10.2. The van der Waals surface area contributed by atoms with Crippen LogP contribution in [0.15, 0.2) is 12.1 Å². The van der Waals surface area contributed by atoms with Crippen LogP contribution in [0.4, 0.5) is 0 Å². The number of alkyl halides is 1. The predicted molar refractivity (Wildman–Crippen MR) is 82.8 cm³/mol. The molecule has 0 N–H and O–H groups in total. The third-order valence-corrected chi connectivity index (χ3v) is 5.48. The number of hydrogen-bond acceptors (Lipinski definition) is 2. The van der Waals surface area contributed by atoms with E-state index in [1.165, 1.54) is 32.1 Å². The molecule has 0 aromatic heterocycles. The summed E-state index contributed by atoms with van der Waals surface area (Å²) in [5, 5.41) is 0.558. The van der Waals surface area contributed by atoms with Gasteiger partial charge in [-0.2, -0.15) is 0 Å². The molecule has 1 unspecified atom stereocenters. The van der Waals surface area contributed by atoms with Crippen molar-refractivity contribution < 1.29 is 9.47 Å². The molecule has 1 aromatic rings. The Morgan fingerprint density at radius 2 is 1.84 bits per heavy atom. The molecule has 1 atom stereocenters. The number of halogens is 2. The van der Waals surface area contributed by atoms with E-state index in [2.05, 4.69) is 22.0 Å². The molecule has 0 spiro atoms. The Morgan fingerprint density at radius 3 is 2.42 bits per heavy atom. The van der Waals surface area contributed by atoms with E-state index in [9.17, 15) is 0 Å². The first-order chi connectivity index (χ1) is 9.19. The Hall–Kier alpha value is -0.410. The minimum atomic E-state index is 0.297. The fraction of sp³-hybridized carbons (Fsp3) is 0.600. The molecule has 0 radical (unpaired) electrons. The molecule has 19 heavy (non-hydrogen) atoms. The molecule has 0 saturated heterocycles. The van der Waals surface area contributed by atoms with Gasteiger partial charge in [-0.1, -0.05) is 52.9 Å². The Kier molecular flexibility index (Phi) is 5.40. The second-order valence-corrected chi connectivity index (χ2v) is 6.37. The van der Waals surface area contributed by atoms with Crippen LogP contribution in [0, 0.1) is 5.92 Å². The van der Waals surface area contributed by atoms with Gasteiger partial charge in [0.2, 0.25) is 0 Å². The molecule has 0 amide bonds. The summed E-state index contributed by atoms with van der Waals surface area (Å²) < 4.78 is 10.7. The van der Waals surface area contributed by atoms with Crippen LogP contribution in [0.1, 0.15) is 42.5 Å². The van der Waals surface area contributed by atoms with Crippen LogP contribution < -0.4 is 9.47 Å². The highest BCUT2D eigenvalue weighted by Crippen LogP contribution is 2.47. The van der Waals surface area contributed by atoms with E-state index in [0.717, 1.165) is 11.3 Å². The van der Waals surface area contributed by atoms with Crippen LogP contribution in [-0.2, 0) is 0 Å². The van der Waals surface area contributed by atoms with Crippen LogP contribution in [0.3, 0.4) is 0 Å². The number of methoxy groups -OCH3 is 2. The second-order valence-electron chi connectivity index (χ2n) is 5.00. The SMILES string of the molecule is COc1ccc(C(Br)C2CCCCC2)c(OC)c1Cl. The Morgan fingerprint density at radius 1 is 1.16 bits per heavy atom. The van der Waals surface area contributed by atoms with Crippen molar-refractivity contribution in [2.24, 2.45) is 5.92 Å². The monoisotopic (exact) mass is 346 g/mol. The zero-order valence-electron chi connectivity index (χ0n) is 11.4. The van der Waals surface area contributed by atoms with E-state index in [1.807, 2.05) is 6.07 Å². The number of hydrogen-bond donors (Lipinski definition) is 0. The van der Waals surface area contributed by atoms with Crippen molar-refractivity contribution in [1.29, 1.82) is 0 Å². The summed E-state index contributed by atoms with van der Waals surface area (Å²) in [6.45, 7) is 0. The van der Waals surface area contributed by atoms with Crippen LogP contribution >= 0.6 is 27.5 Å². The van der Waals surface area contributed by atoms with E-state index < -0.39 is 0 Å². The highest BCUT2D eigenvalue weighted by molar-refractivity contribution is 9.09. The zero-order valence-corrected chi connectivity index (χ0v) is 13.8. The predicted octanol–water partition coefficient (Wildman–Crippen LogP) is 5.37. The molecule has 1 aliphatic carbocycles. The number of ether oxygens (including phenoxy) is 2. The van der Waals surface area contributed by atoms with Crippen molar-refractivity contribution in [3.63, 3.8) is 0 Å². The molecule has 4 heteroatoms. The molecule has 0 aliphatic heterocycles. The van der Waals surface area contributed by atoms with Gasteiger partial charge in [0.05, 0.1) is 14.2 Å². The lowest BCUT2D eigenvalue weighted by molar-refractivity contribution is 0.344. The van der Waals surface area contributed by atoms with Crippen LogP contribution in [0.25, 0.3) is 0 Å². The molecule has 2 rings (SSSR count). The zero-order chi connectivity index (χ0) is 13.8. The van der Waals surface area contributed by atoms with E-state index in [4.69, 9.17) is 21.1 Å². The van der Waals surface area contributed by atoms with Gasteiger partial charge in [0.25, 0.3) is 0 Å². The van der Waals surface area contributed by atoms with Gasteiger partial charge in [0.15, 0.2) is 0 Å². The smallest absolute Gasteiger partial charge is 0.145 e. The molecular formula is C15H20BrClO2. The lowest BCUT2D eigenvalue weighted by Gasteiger charge is -2.28. The van der Waals surface area contributed by atoms with Gasteiger partial charge in [0, 0.05) is 10.4 Å². The van der Waals surface area contributed by atoms with Crippen LogP contribution in [0.5, 0.6) is 11.5 Å². The Bertz CT molecular complexity index is 430. The van der Waals surface area contributed by atoms with Gasteiger partial charge in [0.1, 0.15) is 16.5 Å². The molecule has 0 heterocycles. The first kappa shape index (κ1) is 15.0. The minimum Gasteiger partial charge on any atom is -0.495 e. The topological polar surface area (TPSA) is 18.5 Å². The van der Waals surface area contributed by atoms with Gasteiger partial charge in [-0.25, -0.2) is 0 Å². The Labute approximate surface area is 128 Å². The van der Waals surface area contributed by atoms with E-state index in [1.54, 1.807) is 14.2 Å². The van der Waals surface area contributed by atoms with Crippen molar-refractivity contribution >= 4 is 27.5 Å². The summed E-state index contributed by atoms with van der Waals surface area (Å²) in [7, 11) is 3.28. The molecular weight excluding hydrogens is 328 g/mol. The average Bonchev–Trinajstić information content (AvgIpc) is 2.47. The van der Waals surface area contributed by atoms with E-state index in [-0.39, 0.29) is 0 Å². The summed E-state index contributed by atoms with van der Waals surface area (Å²) in [4.78, 5) is 0.297. The van der Waals surface area contributed by atoms with E-state index in [0.29, 0.717) is 21.5 Å². The third kappa shape index (κ3) is 3.19.